The lowest BCUT2D eigenvalue weighted by molar-refractivity contribution is 0.151. The summed E-state index contributed by atoms with van der Waals surface area (Å²) in [6, 6.07) is 8.01. The summed E-state index contributed by atoms with van der Waals surface area (Å²) in [6.45, 7) is 0.216. The van der Waals surface area contributed by atoms with Gasteiger partial charge in [0.2, 0.25) is 5.89 Å². The van der Waals surface area contributed by atoms with Crippen molar-refractivity contribution in [2.75, 3.05) is 17.7 Å². The molecule has 1 aliphatic heterocycles. The second kappa shape index (κ2) is 7.10. The Labute approximate surface area is 164 Å². The Hall–Kier alpha value is -2.58. The van der Waals surface area contributed by atoms with Crippen molar-refractivity contribution in [3.8, 4) is 22.8 Å². The standard InChI is InChI=1S/C20H20N4O3S/c25-11-12-9-15(10-12)22-19-17-16(5-8-28(17)26)23-18(24-19)13-1-3-14(4-2-13)20-21-6-7-27-20/h1-4,6-7,12,15,25H,5,8-11H2,(H,22,23,24)/t12?,15?,28-/m0/s1. The first-order chi connectivity index (χ1) is 13.7. The molecular weight excluding hydrogens is 376 g/mol. The number of aromatic nitrogens is 3. The van der Waals surface area contributed by atoms with Crippen LogP contribution >= 0.6 is 0 Å². The molecule has 8 heteroatoms. The van der Waals surface area contributed by atoms with E-state index in [0.717, 1.165) is 34.6 Å². The minimum Gasteiger partial charge on any atom is -0.445 e. The first kappa shape index (κ1) is 17.5. The Bertz CT molecular complexity index is 1010. The van der Waals surface area contributed by atoms with Gasteiger partial charge in [0.15, 0.2) is 5.82 Å². The summed E-state index contributed by atoms with van der Waals surface area (Å²) in [4.78, 5) is 14.3. The molecule has 0 spiro atoms. The van der Waals surface area contributed by atoms with E-state index in [-0.39, 0.29) is 12.6 Å². The molecule has 0 saturated heterocycles. The molecule has 0 radical (unpaired) electrons. The minimum atomic E-state index is -1.06. The van der Waals surface area contributed by atoms with E-state index in [1.807, 2.05) is 24.3 Å². The highest BCUT2D eigenvalue weighted by Gasteiger charge is 2.32. The molecule has 1 saturated carbocycles. The van der Waals surface area contributed by atoms with Crippen LogP contribution in [0.5, 0.6) is 0 Å². The molecule has 1 atom stereocenters. The van der Waals surface area contributed by atoms with Crippen LogP contribution in [0.15, 0.2) is 46.0 Å². The Morgan fingerprint density at radius 2 is 1.96 bits per heavy atom. The number of hydrogen-bond donors (Lipinski definition) is 2. The number of aliphatic hydroxyl groups is 1. The fourth-order valence-electron chi connectivity index (χ4n) is 3.75. The highest BCUT2D eigenvalue weighted by molar-refractivity contribution is 7.85. The van der Waals surface area contributed by atoms with E-state index in [2.05, 4.69) is 15.3 Å². The molecule has 144 valence electrons. The summed E-state index contributed by atoms with van der Waals surface area (Å²) < 4.78 is 17.8. The van der Waals surface area contributed by atoms with E-state index in [4.69, 9.17) is 9.40 Å². The van der Waals surface area contributed by atoms with Gasteiger partial charge in [0, 0.05) is 35.9 Å². The van der Waals surface area contributed by atoms with Crippen LogP contribution < -0.4 is 5.32 Å². The van der Waals surface area contributed by atoms with E-state index >= 15 is 0 Å². The van der Waals surface area contributed by atoms with Crippen molar-refractivity contribution in [3.05, 3.63) is 42.4 Å². The van der Waals surface area contributed by atoms with Crippen LogP contribution in [0, 0.1) is 5.92 Å². The SMILES string of the molecule is O=[S@]1CCc2nc(-c3ccc(-c4ncco4)cc3)nc(NC3CC(CO)C3)c21. The summed E-state index contributed by atoms with van der Waals surface area (Å²) in [5.41, 5.74) is 2.64. The zero-order chi connectivity index (χ0) is 19.1. The monoisotopic (exact) mass is 396 g/mol. The Kier molecular flexibility index (Phi) is 4.44. The average molecular weight is 396 g/mol. The van der Waals surface area contributed by atoms with Crippen LogP contribution in [0.4, 0.5) is 5.82 Å². The molecule has 2 aliphatic rings. The average Bonchev–Trinajstić information content (AvgIpc) is 3.35. The predicted molar refractivity (Wildman–Crippen MR) is 105 cm³/mol. The topological polar surface area (TPSA) is 101 Å². The smallest absolute Gasteiger partial charge is 0.225 e. The van der Waals surface area contributed by atoms with Crippen molar-refractivity contribution in [3.63, 3.8) is 0 Å². The number of hydrogen-bond acceptors (Lipinski definition) is 7. The lowest BCUT2D eigenvalue weighted by Gasteiger charge is -2.35. The third-order valence-electron chi connectivity index (χ3n) is 5.34. The zero-order valence-electron chi connectivity index (χ0n) is 15.2. The molecule has 3 aromatic rings. The second-order valence-corrected chi connectivity index (χ2v) is 8.75. The van der Waals surface area contributed by atoms with Crippen molar-refractivity contribution in [1.29, 1.82) is 0 Å². The number of nitrogens with zero attached hydrogens (tertiary/aromatic N) is 3. The maximum absolute atomic E-state index is 12.5. The number of benzene rings is 1. The lowest BCUT2D eigenvalue weighted by atomic mass is 9.81. The van der Waals surface area contributed by atoms with Gasteiger partial charge in [-0.05, 0) is 30.9 Å². The molecule has 28 heavy (non-hydrogen) atoms. The molecule has 3 heterocycles. The number of aryl methyl sites for hydroxylation is 1. The van der Waals surface area contributed by atoms with Crippen molar-refractivity contribution >= 4 is 16.6 Å². The molecule has 0 bridgehead atoms. The maximum atomic E-state index is 12.5. The molecule has 5 rings (SSSR count). The van der Waals surface area contributed by atoms with Crippen LogP contribution in [-0.4, -0.2) is 42.7 Å². The van der Waals surface area contributed by atoms with Crippen LogP contribution in [0.1, 0.15) is 18.5 Å². The van der Waals surface area contributed by atoms with E-state index < -0.39 is 10.8 Å². The van der Waals surface area contributed by atoms with Gasteiger partial charge in [-0.3, -0.25) is 4.21 Å². The number of oxazole rings is 1. The van der Waals surface area contributed by atoms with Gasteiger partial charge in [-0.25, -0.2) is 15.0 Å². The third kappa shape index (κ3) is 3.12. The fraction of sp³-hybridized carbons (Fsp3) is 0.350. The third-order valence-corrected chi connectivity index (χ3v) is 6.80. The maximum Gasteiger partial charge on any atom is 0.225 e. The molecule has 1 fully saturated rings. The van der Waals surface area contributed by atoms with Gasteiger partial charge in [-0.2, -0.15) is 0 Å². The van der Waals surface area contributed by atoms with Gasteiger partial charge >= 0.3 is 0 Å². The summed E-state index contributed by atoms with van der Waals surface area (Å²) in [5.74, 6) is 2.81. The highest BCUT2D eigenvalue weighted by atomic mass is 32.2. The molecule has 7 nitrogen and oxygen atoms in total. The molecule has 2 N–H and O–H groups in total. The summed E-state index contributed by atoms with van der Waals surface area (Å²) in [7, 11) is -1.06. The van der Waals surface area contributed by atoms with E-state index in [0.29, 0.717) is 35.6 Å². The van der Waals surface area contributed by atoms with Gasteiger partial charge < -0.3 is 14.8 Å². The number of rotatable bonds is 5. The van der Waals surface area contributed by atoms with Gasteiger partial charge in [0.1, 0.15) is 17.0 Å². The van der Waals surface area contributed by atoms with Gasteiger partial charge in [-0.15, -0.1) is 0 Å². The van der Waals surface area contributed by atoms with Crippen LogP contribution in [0.2, 0.25) is 0 Å². The zero-order valence-corrected chi connectivity index (χ0v) is 16.0. The van der Waals surface area contributed by atoms with Gasteiger partial charge in [0.05, 0.1) is 22.7 Å². The lowest BCUT2D eigenvalue weighted by Crippen LogP contribution is -2.37. The highest BCUT2D eigenvalue weighted by Crippen LogP contribution is 2.35. The second-order valence-electron chi connectivity index (χ2n) is 7.25. The van der Waals surface area contributed by atoms with E-state index in [9.17, 15) is 9.32 Å². The number of fused-ring (bicyclic) bond motifs is 1. The van der Waals surface area contributed by atoms with Crippen molar-refractivity contribution in [2.45, 2.75) is 30.2 Å². The van der Waals surface area contributed by atoms with Crippen molar-refractivity contribution in [1.82, 2.24) is 15.0 Å². The molecule has 1 aliphatic carbocycles. The van der Waals surface area contributed by atoms with Crippen LogP contribution in [0.25, 0.3) is 22.8 Å². The predicted octanol–water partition coefficient (Wildman–Crippen LogP) is 2.65. The largest absolute Gasteiger partial charge is 0.445 e. The fourth-order valence-corrected chi connectivity index (χ4v) is 5.06. The number of aliphatic hydroxyl groups excluding tert-OH is 1. The molecule has 2 aromatic heterocycles. The van der Waals surface area contributed by atoms with E-state index in [1.54, 1.807) is 12.5 Å². The van der Waals surface area contributed by atoms with Gasteiger partial charge in [0.25, 0.3) is 0 Å². The Morgan fingerprint density at radius 1 is 1.18 bits per heavy atom. The molecule has 1 aromatic carbocycles. The quantitative estimate of drug-likeness (QED) is 0.684. The minimum absolute atomic E-state index is 0.216. The molecular formula is C20H20N4O3S. The summed E-state index contributed by atoms with van der Waals surface area (Å²) >= 11 is 0. The van der Waals surface area contributed by atoms with E-state index in [1.165, 1.54) is 0 Å². The number of anilines is 1. The number of nitrogens with one attached hydrogen (secondary N) is 1. The molecule has 0 unspecified atom stereocenters. The Balaban J connectivity index is 1.46. The van der Waals surface area contributed by atoms with Crippen molar-refractivity contribution < 1.29 is 13.7 Å². The van der Waals surface area contributed by atoms with Crippen LogP contribution in [0.3, 0.4) is 0 Å². The summed E-state index contributed by atoms with van der Waals surface area (Å²) in [5, 5.41) is 12.7. The van der Waals surface area contributed by atoms with Crippen molar-refractivity contribution in [2.24, 2.45) is 5.92 Å². The first-order valence-electron chi connectivity index (χ1n) is 9.38. The normalized spacial score (nSPS) is 23.2. The van der Waals surface area contributed by atoms with Crippen LogP contribution in [-0.2, 0) is 17.2 Å². The first-order valence-corrected chi connectivity index (χ1v) is 10.7. The summed E-state index contributed by atoms with van der Waals surface area (Å²) in [6.07, 6.45) is 5.67. The molecule has 0 amide bonds. The van der Waals surface area contributed by atoms with Gasteiger partial charge in [-0.1, -0.05) is 12.1 Å². The Morgan fingerprint density at radius 3 is 2.68 bits per heavy atom.